The molecule has 0 aliphatic carbocycles. The summed E-state index contributed by atoms with van der Waals surface area (Å²) >= 11 is 1.21. The number of hydrogen-bond donors (Lipinski definition) is 1. The van der Waals surface area contributed by atoms with E-state index in [-0.39, 0.29) is 11.3 Å². The Morgan fingerprint density at radius 1 is 1.19 bits per heavy atom. The largest absolute Gasteiger partial charge is 0.503 e. The Labute approximate surface area is 152 Å². The molecule has 26 heavy (non-hydrogen) atoms. The number of anilines is 1. The first-order valence-electron chi connectivity index (χ1n) is 7.78. The quantitative estimate of drug-likeness (QED) is 0.711. The van der Waals surface area contributed by atoms with Crippen LogP contribution in [0.1, 0.15) is 27.2 Å². The topological polar surface area (TPSA) is 96.5 Å². The van der Waals surface area contributed by atoms with Crippen molar-refractivity contribution in [2.45, 2.75) is 13.0 Å². The van der Waals surface area contributed by atoms with E-state index in [9.17, 15) is 14.7 Å². The van der Waals surface area contributed by atoms with E-state index in [4.69, 9.17) is 4.42 Å². The number of aromatic nitrogens is 2. The summed E-state index contributed by atoms with van der Waals surface area (Å²) in [7, 11) is 0. The van der Waals surface area contributed by atoms with Gasteiger partial charge in [0.15, 0.2) is 11.5 Å². The van der Waals surface area contributed by atoms with Gasteiger partial charge in [0.1, 0.15) is 5.01 Å². The first kappa shape index (κ1) is 16.2. The highest BCUT2D eigenvalue weighted by Gasteiger charge is 2.46. The van der Waals surface area contributed by atoms with E-state index in [1.54, 1.807) is 37.3 Å². The van der Waals surface area contributed by atoms with E-state index in [0.29, 0.717) is 15.7 Å². The first-order chi connectivity index (χ1) is 12.6. The van der Waals surface area contributed by atoms with Crippen LogP contribution in [0.4, 0.5) is 5.13 Å². The molecule has 8 heteroatoms. The van der Waals surface area contributed by atoms with Crippen LogP contribution in [0.25, 0.3) is 0 Å². The molecule has 0 unspecified atom stereocenters. The lowest BCUT2D eigenvalue weighted by Crippen LogP contribution is -2.31. The average molecular weight is 367 g/mol. The number of amides is 1. The predicted octanol–water partition coefficient (Wildman–Crippen LogP) is 3.22. The lowest BCUT2D eigenvalue weighted by molar-refractivity contribution is -0.117. The molecule has 1 N–H and O–H groups in total. The second-order valence-electron chi connectivity index (χ2n) is 5.66. The highest BCUT2D eigenvalue weighted by molar-refractivity contribution is 7.15. The first-order valence-corrected chi connectivity index (χ1v) is 8.59. The third-order valence-electron chi connectivity index (χ3n) is 4.03. The molecular formula is C18H13N3O4S. The summed E-state index contributed by atoms with van der Waals surface area (Å²) in [5.74, 6) is -1.79. The average Bonchev–Trinajstić information content (AvgIpc) is 3.37. The number of carbonyl (C=O) groups excluding carboxylic acids is 2. The van der Waals surface area contributed by atoms with Gasteiger partial charge in [-0.25, -0.2) is 0 Å². The molecule has 3 heterocycles. The molecular weight excluding hydrogens is 354 g/mol. The molecule has 1 atom stereocenters. The minimum atomic E-state index is -0.811. The van der Waals surface area contributed by atoms with E-state index in [1.807, 2.05) is 6.07 Å². The van der Waals surface area contributed by atoms with Crippen molar-refractivity contribution in [2.24, 2.45) is 0 Å². The van der Waals surface area contributed by atoms with Gasteiger partial charge in [0.2, 0.25) is 10.9 Å². The van der Waals surface area contributed by atoms with Gasteiger partial charge >= 0.3 is 0 Å². The van der Waals surface area contributed by atoms with Gasteiger partial charge in [-0.15, -0.1) is 10.2 Å². The third-order valence-corrected chi connectivity index (χ3v) is 4.87. The summed E-state index contributed by atoms with van der Waals surface area (Å²) in [4.78, 5) is 27.0. The summed E-state index contributed by atoms with van der Waals surface area (Å²) < 4.78 is 5.17. The number of hydrogen-bond acceptors (Lipinski definition) is 7. The van der Waals surface area contributed by atoms with Gasteiger partial charge in [-0.2, -0.15) is 0 Å². The van der Waals surface area contributed by atoms with Gasteiger partial charge in [0.05, 0.1) is 17.9 Å². The van der Waals surface area contributed by atoms with Crippen molar-refractivity contribution in [3.05, 3.63) is 76.4 Å². The van der Waals surface area contributed by atoms with Crippen LogP contribution in [-0.4, -0.2) is 27.0 Å². The van der Waals surface area contributed by atoms with Gasteiger partial charge in [0.25, 0.3) is 5.91 Å². The van der Waals surface area contributed by atoms with Gasteiger partial charge in [-0.1, -0.05) is 41.7 Å². The molecule has 1 amide bonds. The summed E-state index contributed by atoms with van der Waals surface area (Å²) in [6, 6.07) is 11.3. The summed E-state index contributed by atoms with van der Waals surface area (Å²) in [6.45, 7) is 1.77. The van der Waals surface area contributed by atoms with Gasteiger partial charge < -0.3 is 9.52 Å². The molecule has 7 nitrogen and oxygen atoms in total. The highest BCUT2D eigenvalue weighted by atomic mass is 32.1. The molecule has 0 saturated carbocycles. The third kappa shape index (κ3) is 2.51. The number of Topliss-reactive ketones (excluding diaryl/α,β-unsaturated/α-hetero) is 1. The van der Waals surface area contributed by atoms with E-state index in [2.05, 4.69) is 10.2 Å². The number of benzene rings is 1. The number of aryl methyl sites for hydroxylation is 1. The second kappa shape index (κ2) is 6.23. The van der Waals surface area contributed by atoms with Crippen LogP contribution in [-0.2, 0) is 4.79 Å². The lowest BCUT2D eigenvalue weighted by Gasteiger charge is -2.23. The number of ketones is 1. The Hall–Kier alpha value is -3.26. The highest BCUT2D eigenvalue weighted by Crippen LogP contribution is 2.42. The van der Waals surface area contributed by atoms with Crippen LogP contribution in [0.15, 0.2) is 64.5 Å². The van der Waals surface area contributed by atoms with Crippen LogP contribution >= 0.6 is 11.3 Å². The zero-order chi connectivity index (χ0) is 18.3. The van der Waals surface area contributed by atoms with Crippen molar-refractivity contribution in [1.82, 2.24) is 10.2 Å². The summed E-state index contributed by atoms with van der Waals surface area (Å²) in [5, 5.41) is 19.4. The number of nitrogens with zero attached hydrogens (tertiary/aromatic N) is 3. The molecule has 0 fully saturated rings. The molecule has 1 aliphatic rings. The fraction of sp³-hybridized carbons (Fsp3) is 0.111. The number of aliphatic hydroxyl groups is 1. The van der Waals surface area contributed by atoms with E-state index >= 15 is 0 Å². The van der Waals surface area contributed by atoms with E-state index < -0.39 is 23.5 Å². The van der Waals surface area contributed by atoms with E-state index in [1.165, 1.54) is 28.6 Å². The number of furan rings is 1. The predicted molar refractivity (Wildman–Crippen MR) is 94.0 cm³/mol. The van der Waals surface area contributed by atoms with E-state index in [0.717, 1.165) is 0 Å². The van der Waals surface area contributed by atoms with Crippen LogP contribution in [0.5, 0.6) is 0 Å². The molecule has 1 aliphatic heterocycles. The number of aliphatic hydroxyl groups excluding tert-OH is 1. The number of carbonyl (C=O) groups is 2. The maximum atomic E-state index is 12.9. The summed E-state index contributed by atoms with van der Waals surface area (Å²) in [5.41, 5.74) is 0.636. The minimum absolute atomic E-state index is 0.0380. The Balaban J connectivity index is 1.88. The molecule has 3 aromatic rings. The minimum Gasteiger partial charge on any atom is -0.503 e. The Bertz CT molecular complexity index is 1010. The monoisotopic (exact) mass is 367 g/mol. The van der Waals surface area contributed by atoms with Crippen LogP contribution in [0.3, 0.4) is 0 Å². The zero-order valence-corrected chi connectivity index (χ0v) is 14.4. The van der Waals surface area contributed by atoms with Crippen LogP contribution < -0.4 is 4.90 Å². The maximum absolute atomic E-state index is 12.9. The van der Waals surface area contributed by atoms with Gasteiger partial charge in [-0.05, 0) is 24.6 Å². The molecule has 4 rings (SSSR count). The zero-order valence-electron chi connectivity index (χ0n) is 13.6. The van der Waals surface area contributed by atoms with Gasteiger partial charge in [-0.3, -0.25) is 14.5 Å². The molecule has 0 spiro atoms. The Kier molecular flexibility index (Phi) is 3.89. The number of rotatable bonds is 4. The van der Waals surface area contributed by atoms with Crippen LogP contribution in [0, 0.1) is 6.92 Å². The smallest absolute Gasteiger partial charge is 0.296 e. The molecule has 0 saturated heterocycles. The molecule has 1 aromatic carbocycles. The van der Waals surface area contributed by atoms with Gasteiger partial charge in [0, 0.05) is 0 Å². The lowest BCUT2D eigenvalue weighted by atomic mass is 9.95. The van der Waals surface area contributed by atoms with Crippen molar-refractivity contribution in [3.63, 3.8) is 0 Å². The Morgan fingerprint density at radius 2 is 1.96 bits per heavy atom. The molecule has 130 valence electrons. The van der Waals surface area contributed by atoms with Crippen LogP contribution in [0.2, 0.25) is 0 Å². The molecule has 0 bridgehead atoms. The normalized spacial score (nSPS) is 17.2. The van der Waals surface area contributed by atoms with Crippen molar-refractivity contribution in [2.75, 3.05) is 4.90 Å². The van der Waals surface area contributed by atoms with Crippen molar-refractivity contribution >= 4 is 28.2 Å². The second-order valence-corrected chi connectivity index (χ2v) is 6.82. The molecule has 0 radical (unpaired) electrons. The molecule has 2 aromatic heterocycles. The maximum Gasteiger partial charge on any atom is 0.296 e. The van der Waals surface area contributed by atoms with Crippen molar-refractivity contribution < 1.29 is 19.1 Å². The van der Waals surface area contributed by atoms with Crippen molar-refractivity contribution in [1.29, 1.82) is 0 Å². The Morgan fingerprint density at radius 3 is 2.58 bits per heavy atom. The standard InChI is InChI=1S/C18H13N3O4S/c1-10-19-20-18(26-10)21-14(11-6-3-2-4-7-11)13(16(23)17(21)24)15(22)12-8-5-9-25-12/h2-9,14,23H,1H3/t14-/m0/s1. The fourth-order valence-electron chi connectivity index (χ4n) is 2.91. The fourth-order valence-corrected chi connectivity index (χ4v) is 3.62. The summed E-state index contributed by atoms with van der Waals surface area (Å²) in [6.07, 6.45) is 1.37. The van der Waals surface area contributed by atoms with Crippen molar-refractivity contribution in [3.8, 4) is 0 Å². The SMILES string of the molecule is Cc1nnc(N2C(=O)C(O)=C(C(=O)c3ccco3)[C@@H]2c2ccccc2)s1.